The van der Waals surface area contributed by atoms with Crippen LogP contribution in [0.5, 0.6) is 0 Å². The Morgan fingerprint density at radius 1 is 1.05 bits per heavy atom. The maximum Gasteiger partial charge on any atom is 0.0792 e. The van der Waals surface area contributed by atoms with Gasteiger partial charge >= 0.3 is 0 Å². The summed E-state index contributed by atoms with van der Waals surface area (Å²) in [4.78, 5) is 0. The Morgan fingerprint density at radius 2 is 1.75 bits per heavy atom. The van der Waals surface area contributed by atoms with E-state index in [0.29, 0.717) is 5.92 Å². The Hall–Kier alpha value is -1.38. The molecule has 2 heteroatoms. The molecular formula is C18H25NO. The highest BCUT2D eigenvalue weighted by atomic mass is 16.5. The van der Waals surface area contributed by atoms with Gasteiger partial charge in [0.15, 0.2) is 0 Å². The van der Waals surface area contributed by atoms with Gasteiger partial charge in [-0.15, -0.1) is 0 Å². The largest absolute Gasteiger partial charge is 0.376 e. The Labute approximate surface area is 122 Å². The fraction of sp³-hybridized carbons (Fsp3) is 0.444. The van der Waals surface area contributed by atoms with E-state index >= 15 is 0 Å². The number of benzene rings is 2. The van der Waals surface area contributed by atoms with Crippen molar-refractivity contribution in [3.05, 3.63) is 48.0 Å². The second-order valence-electron chi connectivity index (χ2n) is 5.54. The quantitative estimate of drug-likeness (QED) is 0.851. The monoisotopic (exact) mass is 271 g/mol. The van der Waals surface area contributed by atoms with Gasteiger partial charge in [0.2, 0.25) is 0 Å². The van der Waals surface area contributed by atoms with Gasteiger partial charge in [0.25, 0.3) is 0 Å². The molecule has 108 valence electrons. The summed E-state index contributed by atoms with van der Waals surface area (Å²) in [5.41, 5.74) is 1.29. The number of likely N-dealkylation sites (N-methyl/N-ethyl adjacent to an activating group) is 1. The van der Waals surface area contributed by atoms with Crippen LogP contribution in [0.1, 0.15) is 32.4 Å². The molecule has 2 aromatic carbocycles. The summed E-state index contributed by atoms with van der Waals surface area (Å²) in [6, 6.07) is 15.4. The molecule has 0 heterocycles. The van der Waals surface area contributed by atoms with Crippen LogP contribution in [0.15, 0.2) is 42.5 Å². The average molecular weight is 271 g/mol. The van der Waals surface area contributed by atoms with Gasteiger partial charge in [0, 0.05) is 6.61 Å². The van der Waals surface area contributed by atoms with Crippen molar-refractivity contribution in [1.82, 2.24) is 5.32 Å². The second kappa shape index (κ2) is 6.87. The van der Waals surface area contributed by atoms with Crippen LogP contribution in [0.4, 0.5) is 0 Å². The standard InChI is InChI=1S/C18H25NO/c1-5-20-18(13(2)3)17(19-4)16-11-10-14-8-6-7-9-15(14)12-16/h6-13,17-19H,5H2,1-4H3. The van der Waals surface area contributed by atoms with E-state index in [9.17, 15) is 0 Å². The normalized spacial score (nSPS) is 14.7. The molecule has 2 rings (SSSR count). The molecule has 0 amide bonds. The third-order valence-electron chi connectivity index (χ3n) is 3.79. The molecule has 0 radical (unpaired) electrons. The van der Waals surface area contributed by atoms with Crippen LogP contribution in [0.3, 0.4) is 0 Å². The van der Waals surface area contributed by atoms with Gasteiger partial charge in [0.1, 0.15) is 0 Å². The van der Waals surface area contributed by atoms with Crippen LogP contribution >= 0.6 is 0 Å². The summed E-state index contributed by atoms with van der Waals surface area (Å²) in [5.74, 6) is 0.471. The van der Waals surface area contributed by atoms with E-state index in [2.05, 4.69) is 68.6 Å². The van der Waals surface area contributed by atoms with Crippen molar-refractivity contribution in [1.29, 1.82) is 0 Å². The molecule has 0 aromatic heterocycles. The van der Waals surface area contributed by atoms with Crippen LogP contribution < -0.4 is 5.32 Å². The van der Waals surface area contributed by atoms with Gasteiger partial charge in [-0.1, -0.05) is 50.2 Å². The fourth-order valence-corrected chi connectivity index (χ4v) is 2.79. The zero-order valence-corrected chi connectivity index (χ0v) is 12.9. The Bertz CT molecular complexity index is 550. The molecule has 0 bridgehead atoms. The minimum atomic E-state index is 0.186. The first kappa shape index (κ1) is 15.0. The lowest BCUT2D eigenvalue weighted by Crippen LogP contribution is -2.35. The van der Waals surface area contributed by atoms with E-state index in [4.69, 9.17) is 4.74 Å². The van der Waals surface area contributed by atoms with E-state index in [1.165, 1.54) is 16.3 Å². The minimum Gasteiger partial charge on any atom is -0.376 e. The molecule has 2 unspecified atom stereocenters. The minimum absolute atomic E-state index is 0.186. The number of ether oxygens (including phenoxy) is 1. The number of rotatable bonds is 6. The molecule has 20 heavy (non-hydrogen) atoms. The lowest BCUT2D eigenvalue weighted by molar-refractivity contribution is 0.00463. The lowest BCUT2D eigenvalue weighted by Gasteiger charge is -2.30. The van der Waals surface area contributed by atoms with Crippen LogP contribution in [-0.4, -0.2) is 19.8 Å². The molecule has 0 saturated heterocycles. The summed E-state index contributed by atoms with van der Waals surface area (Å²) in [6.07, 6.45) is 0.186. The summed E-state index contributed by atoms with van der Waals surface area (Å²) in [5, 5.41) is 5.99. The van der Waals surface area contributed by atoms with Crippen molar-refractivity contribution >= 4 is 10.8 Å². The molecule has 1 N–H and O–H groups in total. The van der Waals surface area contributed by atoms with E-state index < -0.39 is 0 Å². The highest BCUT2D eigenvalue weighted by Crippen LogP contribution is 2.27. The first-order chi connectivity index (χ1) is 9.67. The molecule has 0 aliphatic rings. The van der Waals surface area contributed by atoms with Gasteiger partial charge in [0.05, 0.1) is 12.1 Å². The first-order valence-corrected chi connectivity index (χ1v) is 7.45. The molecule has 2 atom stereocenters. The second-order valence-corrected chi connectivity index (χ2v) is 5.54. The SMILES string of the molecule is CCOC(C(C)C)C(NC)c1ccc2ccccc2c1. The number of nitrogens with one attached hydrogen (secondary N) is 1. The van der Waals surface area contributed by atoms with Crippen LogP contribution in [0, 0.1) is 5.92 Å². The maximum absolute atomic E-state index is 5.96. The highest BCUT2D eigenvalue weighted by molar-refractivity contribution is 5.83. The Balaban J connectivity index is 2.37. The summed E-state index contributed by atoms with van der Waals surface area (Å²) < 4.78 is 5.96. The molecule has 2 aromatic rings. The summed E-state index contributed by atoms with van der Waals surface area (Å²) in [7, 11) is 2.01. The van der Waals surface area contributed by atoms with E-state index in [-0.39, 0.29) is 12.1 Å². The first-order valence-electron chi connectivity index (χ1n) is 7.45. The van der Waals surface area contributed by atoms with Crippen molar-refractivity contribution < 1.29 is 4.74 Å². The molecule has 0 aliphatic carbocycles. The van der Waals surface area contributed by atoms with Crippen molar-refractivity contribution in [3.8, 4) is 0 Å². The summed E-state index contributed by atoms with van der Waals surface area (Å²) >= 11 is 0. The summed E-state index contributed by atoms with van der Waals surface area (Å²) in [6.45, 7) is 7.23. The smallest absolute Gasteiger partial charge is 0.0792 e. The molecular weight excluding hydrogens is 246 g/mol. The molecule has 2 nitrogen and oxygen atoms in total. The maximum atomic E-state index is 5.96. The fourth-order valence-electron chi connectivity index (χ4n) is 2.79. The van der Waals surface area contributed by atoms with Crippen molar-refractivity contribution in [2.75, 3.05) is 13.7 Å². The highest BCUT2D eigenvalue weighted by Gasteiger charge is 2.25. The van der Waals surface area contributed by atoms with E-state index in [1.54, 1.807) is 0 Å². The van der Waals surface area contributed by atoms with Gasteiger partial charge < -0.3 is 10.1 Å². The number of hydrogen-bond acceptors (Lipinski definition) is 2. The lowest BCUT2D eigenvalue weighted by atomic mass is 9.92. The van der Waals surface area contributed by atoms with Crippen LogP contribution in [0.25, 0.3) is 10.8 Å². The third-order valence-corrected chi connectivity index (χ3v) is 3.79. The number of fused-ring (bicyclic) bond motifs is 1. The van der Waals surface area contributed by atoms with E-state index in [1.807, 2.05) is 7.05 Å². The zero-order chi connectivity index (χ0) is 14.5. The van der Waals surface area contributed by atoms with Crippen LogP contribution in [0.2, 0.25) is 0 Å². The van der Waals surface area contributed by atoms with Crippen molar-refractivity contribution in [2.45, 2.75) is 32.9 Å². The van der Waals surface area contributed by atoms with Gasteiger partial charge in [-0.2, -0.15) is 0 Å². The average Bonchev–Trinajstić information content (AvgIpc) is 2.47. The molecule has 0 fully saturated rings. The van der Waals surface area contributed by atoms with E-state index in [0.717, 1.165) is 6.61 Å². The predicted octanol–water partition coefficient (Wildman–Crippen LogP) is 4.16. The topological polar surface area (TPSA) is 21.3 Å². The Morgan fingerprint density at radius 3 is 2.35 bits per heavy atom. The molecule has 0 spiro atoms. The Kier molecular flexibility index (Phi) is 5.16. The molecule has 0 aliphatic heterocycles. The number of hydrogen-bond donors (Lipinski definition) is 1. The van der Waals surface area contributed by atoms with Gasteiger partial charge in [-0.05, 0) is 42.3 Å². The molecule has 0 saturated carbocycles. The van der Waals surface area contributed by atoms with Gasteiger partial charge in [-0.3, -0.25) is 0 Å². The zero-order valence-electron chi connectivity index (χ0n) is 12.9. The van der Waals surface area contributed by atoms with Crippen LogP contribution in [-0.2, 0) is 4.74 Å². The van der Waals surface area contributed by atoms with Crippen molar-refractivity contribution in [3.63, 3.8) is 0 Å². The van der Waals surface area contributed by atoms with Gasteiger partial charge in [-0.25, -0.2) is 0 Å². The predicted molar refractivity (Wildman–Crippen MR) is 86.0 cm³/mol. The third kappa shape index (κ3) is 3.20. The van der Waals surface area contributed by atoms with Crippen molar-refractivity contribution in [2.24, 2.45) is 5.92 Å².